The summed E-state index contributed by atoms with van der Waals surface area (Å²) in [6.45, 7) is 14.9. The maximum Gasteiger partial charge on any atom is 0.187 e. The van der Waals surface area contributed by atoms with E-state index in [0.717, 1.165) is 75.6 Å². The lowest BCUT2D eigenvalue weighted by molar-refractivity contribution is 0.100. The molecule has 4 rings (SSSR count). The minimum Gasteiger partial charge on any atom is -0.372 e. The summed E-state index contributed by atoms with van der Waals surface area (Å²) in [7, 11) is 0. The Kier molecular flexibility index (Phi) is 9.18. The van der Waals surface area contributed by atoms with E-state index in [1.165, 1.54) is 12.1 Å². The highest BCUT2D eigenvalue weighted by atomic mass is 35.5. The predicted octanol–water partition coefficient (Wildman–Crippen LogP) is 4.91. The molecular weight excluding hydrogens is 475 g/mol. The van der Waals surface area contributed by atoms with E-state index in [4.69, 9.17) is 11.6 Å². The summed E-state index contributed by atoms with van der Waals surface area (Å²) in [5.74, 6) is -0.187. The number of benzene rings is 2. The number of halogens is 2. The normalized spacial score (nSPS) is 20.5. The first kappa shape index (κ1) is 26.8. The Morgan fingerprint density at radius 1 is 1.00 bits per heavy atom. The van der Waals surface area contributed by atoms with Gasteiger partial charge in [-0.2, -0.15) is 0 Å². The molecule has 2 aliphatic rings. The van der Waals surface area contributed by atoms with Crippen LogP contribution in [-0.4, -0.2) is 83.3 Å². The molecular formula is C29H38ClFN4O. The van der Waals surface area contributed by atoms with Crippen molar-refractivity contribution in [1.29, 1.82) is 0 Å². The van der Waals surface area contributed by atoms with Crippen molar-refractivity contribution in [2.75, 3.05) is 45.8 Å². The molecule has 2 aliphatic heterocycles. The maximum absolute atomic E-state index is 13.2. The van der Waals surface area contributed by atoms with Gasteiger partial charge in [-0.05, 0) is 62.2 Å². The molecule has 0 bridgehead atoms. The molecule has 0 aliphatic carbocycles. The van der Waals surface area contributed by atoms with Crippen molar-refractivity contribution in [2.45, 2.75) is 45.9 Å². The van der Waals surface area contributed by atoms with Crippen molar-refractivity contribution in [3.8, 4) is 0 Å². The Morgan fingerprint density at radius 2 is 1.69 bits per heavy atom. The molecule has 5 nitrogen and oxygen atoms in total. The lowest BCUT2D eigenvalue weighted by atomic mass is 10.0. The first-order valence-corrected chi connectivity index (χ1v) is 13.4. The van der Waals surface area contributed by atoms with Gasteiger partial charge in [0.2, 0.25) is 0 Å². The minimum atomic E-state index is -0.204. The summed E-state index contributed by atoms with van der Waals surface area (Å²) in [5.41, 5.74) is 2.83. The monoisotopic (exact) mass is 512 g/mol. The van der Waals surface area contributed by atoms with Crippen molar-refractivity contribution in [3.05, 3.63) is 82.3 Å². The summed E-state index contributed by atoms with van der Waals surface area (Å²) in [6, 6.07) is 13.2. The molecule has 2 heterocycles. The zero-order valence-corrected chi connectivity index (χ0v) is 22.4. The van der Waals surface area contributed by atoms with E-state index in [1.54, 1.807) is 12.1 Å². The standard InChI is InChI=1S/C29H38ClFN4O/c1-22(2)34-15-12-32(13-16-34)21-25-18-26(30)6-9-28(25)29(36)10-11-35-17-14-33(19-23(35)3)20-24-4-7-27(31)8-5-24/h4-11,18,22-23H,12-17,19-21H2,1-3H3/t23-/m1/s1. The third-order valence-corrected chi connectivity index (χ3v) is 7.60. The molecule has 2 fully saturated rings. The second-order valence-electron chi connectivity index (χ2n) is 10.3. The molecule has 0 spiro atoms. The Labute approximate surface area is 220 Å². The highest BCUT2D eigenvalue weighted by Gasteiger charge is 2.23. The number of piperazine rings is 2. The third kappa shape index (κ3) is 7.16. The Balaban J connectivity index is 1.34. The number of nitrogens with zero attached hydrogens (tertiary/aromatic N) is 4. The molecule has 7 heteroatoms. The van der Waals surface area contributed by atoms with Crippen LogP contribution in [0.3, 0.4) is 0 Å². The molecule has 2 aromatic rings. The highest BCUT2D eigenvalue weighted by Crippen LogP contribution is 2.21. The summed E-state index contributed by atoms with van der Waals surface area (Å²) in [6.07, 6.45) is 3.65. The molecule has 36 heavy (non-hydrogen) atoms. The fourth-order valence-electron chi connectivity index (χ4n) is 5.13. The lowest BCUT2D eigenvalue weighted by Crippen LogP contribution is -2.49. The molecule has 0 saturated carbocycles. The number of hydrogen-bond donors (Lipinski definition) is 0. The molecule has 0 N–H and O–H groups in total. The molecule has 0 aromatic heterocycles. The number of ketones is 1. The van der Waals surface area contributed by atoms with E-state index >= 15 is 0 Å². The molecule has 0 radical (unpaired) electrons. The second-order valence-corrected chi connectivity index (χ2v) is 10.8. The SMILES string of the molecule is CC(C)N1CCN(Cc2cc(Cl)ccc2C(=O)C=CN2CCN(Cc3ccc(F)cc3)C[C@H]2C)CC1. The van der Waals surface area contributed by atoms with Crippen molar-refractivity contribution in [1.82, 2.24) is 19.6 Å². The summed E-state index contributed by atoms with van der Waals surface area (Å²) < 4.78 is 13.2. The van der Waals surface area contributed by atoms with Crippen molar-refractivity contribution < 1.29 is 9.18 Å². The van der Waals surface area contributed by atoms with E-state index in [-0.39, 0.29) is 17.6 Å². The van der Waals surface area contributed by atoms with Gasteiger partial charge >= 0.3 is 0 Å². The summed E-state index contributed by atoms with van der Waals surface area (Å²) in [5, 5.41) is 0.664. The van der Waals surface area contributed by atoms with Gasteiger partial charge in [0.05, 0.1) is 0 Å². The van der Waals surface area contributed by atoms with Gasteiger partial charge in [0.25, 0.3) is 0 Å². The average Bonchev–Trinajstić information content (AvgIpc) is 2.85. The zero-order valence-electron chi connectivity index (χ0n) is 21.7. The number of carbonyl (C=O) groups is 1. The summed E-state index contributed by atoms with van der Waals surface area (Å²) in [4.78, 5) is 22.7. The van der Waals surface area contributed by atoms with Gasteiger partial charge < -0.3 is 4.90 Å². The van der Waals surface area contributed by atoms with Gasteiger partial charge in [0.1, 0.15) is 5.82 Å². The average molecular weight is 513 g/mol. The van der Waals surface area contributed by atoms with E-state index < -0.39 is 0 Å². The molecule has 1 atom stereocenters. The lowest BCUT2D eigenvalue weighted by Gasteiger charge is -2.39. The van der Waals surface area contributed by atoms with Crippen molar-refractivity contribution in [2.24, 2.45) is 0 Å². The molecule has 2 saturated heterocycles. The molecule has 0 unspecified atom stereocenters. The zero-order chi connectivity index (χ0) is 25.7. The van der Waals surface area contributed by atoms with Crippen LogP contribution in [0, 0.1) is 5.82 Å². The van der Waals surface area contributed by atoms with Crippen LogP contribution in [0.1, 0.15) is 42.3 Å². The fraction of sp³-hybridized carbons (Fsp3) is 0.483. The molecule has 194 valence electrons. The Morgan fingerprint density at radius 3 is 2.36 bits per heavy atom. The largest absolute Gasteiger partial charge is 0.372 e. The molecule has 2 aromatic carbocycles. The van der Waals surface area contributed by atoms with Crippen LogP contribution in [-0.2, 0) is 13.1 Å². The first-order valence-electron chi connectivity index (χ1n) is 13.0. The van der Waals surface area contributed by atoms with Gasteiger partial charge in [-0.25, -0.2) is 4.39 Å². The quantitative estimate of drug-likeness (QED) is 0.370. The van der Waals surface area contributed by atoms with E-state index in [1.807, 2.05) is 30.5 Å². The van der Waals surface area contributed by atoms with Crippen LogP contribution in [0.15, 0.2) is 54.7 Å². The van der Waals surface area contributed by atoms with Crippen molar-refractivity contribution in [3.63, 3.8) is 0 Å². The fourth-order valence-corrected chi connectivity index (χ4v) is 5.32. The van der Waals surface area contributed by atoms with E-state index in [2.05, 4.69) is 40.4 Å². The van der Waals surface area contributed by atoms with E-state index in [0.29, 0.717) is 11.1 Å². The first-order chi connectivity index (χ1) is 17.3. The second kappa shape index (κ2) is 12.3. The van der Waals surface area contributed by atoms with Crippen LogP contribution >= 0.6 is 11.6 Å². The van der Waals surface area contributed by atoms with Crippen LogP contribution in [0.2, 0.25) is 5.02 Å². The Hall–Kier alpha value is -2.25. The van der Waals surface area contributed by atoms with Gasteiger partial charge in [0.15, 0.2) is 5.78 Å². The number of rotatable bonds is 8. The highest BCUT2D eigenvalue weighted by molar-refractivity contribution is 6.30. The molecule has 0 amide bonds. The van der Waals surface area contributed by atoms with Gasteiger partial charge in [0, 0.05) is 93.8 Å². The number of hydrogen-bond acceptors (Lipinski definition) is 5. The maximum atomic E-state index is 13.2. The van der Waals surface area contributed by atoms with Gasteiger partial charge in [-0.3, -0.25) is 19.5 Å². The topological polar surface area (TPSA) is 30.0 Å². The third-order valence-electron chi connectivity index (χ3n) is 7.36. The Bertz CT molecular complexity index is 1050. The van der Waals surface area contributed by atoms with Crippen LogP contribution in [0.4, 0.5) is 4.39 Å². The van der Waals surface area contributed by atoms with Gasteiger partial charge in [-0.1, -0.05) is 23.7 Å². The van der Waals surface area contributed by atoms with Gasteiger partial charge in [-0.15, -0.1) is 0 Å². The van der Waals surface area contributed by atoms with E-state index in [9.17, 15) is 9.18 Å². The van der Waals surface area contributed by atoms with Crippen LogP contribution < -0.4 is 0 Å². The van der Waals surface area contributed by atoms with Crippen LogP contribution in [0.25, 0.3) is 0 Å². The number of carbonyl (C=O) groups excluding carboxylic acids is 1. The van der Waals surface area contributed by atoms with Crippen molar-refractivity contribution >= 4 is 17.4 Å². The van der Waals surface area contributed by atoms with Crippen LogP contribution in [0.5, 0.6) is 0 Å². The minimum absolute atomic E-state index is 0.0171. The number of allylic oxidation sites excluding steroid dienone is 1. The summed E-state index contributed by atoms with van der Waals surface area (Å²) >= 11 is 6.31. The smallest absolute Gasteiger partial charge is 0.187 e. The predicted molar refractivity (Wildman–Crippen MR) is 145 cm³/mol.